The molecule has 5 nitrogen and oxygen atoms in total. The second kappa shape index (κ2) is 5.46. The van der Waals surface area contributed by atoms with Crippen molar-refractivity contribution >= 4 is 22.5 Å². The van der Waals surface area contributed by atoms with E-state index in [1.54, 1.807) is 13.1 Å². The molecule has 0 radical (unpaired) electrons. The van der Waals surface area contributed by atoms with E-state index < -0.39 is 0 Å². The number of fused-ring (bicyclic) bond motifs is 1. The van der Waals surface area contributed by atoms with Crippen LogP contribution in [0.15, 0.2) is 30.3 Å². The second-order valence-corrected chi connectivity index (χ2v) is 4.86. The zero-order valence-corrected chi connectivity index (χ0v) is 11.5. The van der Waals surface area contributed by atoms with Crippen molar-refractivity contribution in [3.8, 4) is 0 Å². The number of nitrogens with zero attached hydrogens (tertiary/aromatic N) is 2. The third kappa shape index (κ3) is 2.32. The predicted octanol–water partition coefficient (Wildman–Crippen LogP) is 1.00. The molecule has 0 aliphatic carbocycles. The van der Waals surface area contributed by atoms with Crippen LogP contribution >= 0.6 is 0 Å². The van der Waals surface area contributed by atoms with Crippen LogP contribution in [0, 0.1) is 0 Å². The lowest BCUT2D eigenvalue weighted by Crippen LogP contribution is -2.43. The van der Waals surface area contributed by atoms with Gasteiger partial charge in [0.1, 0.15) is 5.69 Å². The minimum atomic E-state index is -0.153. The van der Waals surface area contributed by atoms with E-state index in [2.05, 4.69) is 26.6 Å². The number of carbonyl (C=O) groups excluding carboxylic acids is 1. The average molecular weight is 270 g/mol. The summed E-state index contributed by atoms with van der Waals surface area (Å²) in [6.07, 6.45) is 0. The number of piperazine rings is 1. The molecule has 1 aromatic carbocycles. The molecular weight excluding hydrogens is 252 g/mol. The highest BCUT2D eigenvalue weighted by molar-refractivity contribution is 5.97. The maximum Gasteiger partial charge on any atom is 0.269 e. The minimum absolute atomic E-state index is 0.153. The van der Waals surface area contributed by atoms with Crippen molar-refractivity contribution in [3.05, 3.63) is 36.0 Å². The molecule has 1 aromatic heterocycles. The molecule has 5 heteroatoms. The van der Waals surface area contributed by atoms with Gasteiger partial charge in [-0.2, -0.15) is 0 Å². The van der Waals surface area contributed by atoms with Gasteiger partial charge in [0, 0.05) is 44.3 Å². The monoisotopic (exact) mass is 270 g/mol. The molecule has 0 saturated carbocycles. The van der Waals surface area contributed by atoms with Crippen LogP contribution in [-0.2, 0) is 0 Å². The largest absolute Gasteiger partial charge is 0.368 e. The zero-order valence-electron chi connectivity index (χ0n) is 11.5. The summed E-state index contributed by atoms with van der Waals surface area (Å²) in [5, 5.41) is 7.06. The lowest BCUT2D eigenvalue weighted by Gasteiger charge is -2.30. The Morgan fingerprint density at radius 1 is 1.25 bits per heavy atom. The summed E-state index contributed by atoms with van der Waals surface area (Å²) >= 11 is 0. The van der Waals surface area contributed by atoms with E-state index in [0.717, 1.165) is 37.1 Å². The normalized spacial score (nSPS) is 15.3. The molecule has 104 valence electrons. The molecular formula is C15H18N4O. The SMILES string of the molecule is CNC(=O)c1ccc2c(N3CCNCC3)cccc2n1. The van der Waals surface area contributed by atoms with Crippen molar-refractivity contribution in [1.29, 1.82) is 0 Å². The summed E-state index contributed by atoms with van der Waals surface area (Å²) in [5.74, 6) is -0.153. The molecule has 0 bridgehead atoms. The van der Waals surface area contributed by atoms with Gasteiger partial charge in [0.2, 0.25) is 0 Å². The number of hydrogen-bond donors (Lipinski definition) is 2. The van der Waals surface area contributed by atoms with Gasteiger partial charge in [0.15, 0.2) is 0 Å². The van der Waals surface area contributed by atoms with Gasteiger partial charge in [-0.1, -0.05) is 6.07 Å². The fourth-order valence-electron chi connectivity index (χ4n) is 2.57. The maximum absolute atomic E-state index is 11.7. The van der Waals surface area contributed by atoms with E-state index in [1.165, 1.54) is 5.69 Å². The molecule has 2 heterocycles. The molecule has 1 aliphatic heterocycles. The number of rotatable bonds is 2. The van der Waals surface area contributed by atoms with Crippen molar-refractivity contribution in [1.82, 2.24) is 15.6 Å². The highest BCUT2D eigenvalue weighted by Crippen LogP contribution is 2.26. The zero-order chi connectivity index (χ0) is 13.9. The van der Waals surface area contributed by atoms with E-state index in [4.69, 9.17) is 0 Å². The fraction of sp³-hybridized carbons (Fsp3) is 0.333. The predicted molar refractivity (Wildman–Crippen MR) is 80.2 cm³/mol. The highest BCUT2D eigenvalue weighted by Gasteiger charge is 2.14. The molecule has 1 amide bonds. The number of aromatic nitrogens is 1. The molecule has 1 saturated heterocycles. The lowest BCUT2D eigenvalue weighted by atomic mass is 10.1. The van der Waals surface area contributed by atoms with Gasteiger partial charge in [0.05, 0.1) is 5.52 Å². The topological polar surface area (TPSA) is 57.3 Å². The van der Waals surface area contributed by atoms with Crippen LogP contribution in [0.5, 0.6) is 0 Å². The van der Waals surface area contributed by atoms with Crippen molar-refractivity contribution < 1.29 is 4.79 Å². The Labute approximate surface area is 118 Å². The van der Waals surface area contributed by atoms with Gasteiger partial charge in [-0.3, -0.25) is 4.79 Å². The van der Waals surface area contributed by atoms with E-state index in [1.807, 2.05) is 18.2 Å². The molecule has 1 fully saturated rings. The van der Waals surface area contributed by atoms with Crippen LogP contribution in [0.4, 0.5) is 5.69 Å². The molecule has 0 spiro atoms. The first-order valence-corrected chi connectivity index (χ1v) is 6.87. The summed E-state index contributed by atoms with van der Waals surface area (Å²) in [6, 6.07) is 9.85. The van der Waals surface area contributed by atoms with Crippen LogP contribution in [-0.4, -0.2) is 44.1 Å². The van der Waals surface area contributed by atoms with Crippen molar-refractivity contribution in [2.75, 3.05) is 38.1 Å². The van der Waals surface area contributed by atoms with Gasteiger partial charge in [-0.25, -0.2) is 4.98 Å². The Hall–Kier alpha value is -2.14. The first kappa shape index (κ1) is 12.9. The minimum Gasteiger partial charge on any atom is -0.368 e. The van der Waals surface area contributed by atoms with E-state index in [0.29, 0.717) is 5.69 Å². The Balaban J connectivity index is 2.03. The quantitative estimate of drug-likeness (QED) is 0.855. The first-order chi connectivity index (χ1) is 9.79. The smallest absolute Gasteiger partial charge is 0.269 e. The van der Waals surface area contributed by atoms with Gasteiger partial charge >= 0.3 is 0 Å². The first-order valence-electron chi connectivity index (χ1n) is 6.87. The summed E-state index contributed by atoms with van der Waals surface area (Å²) in [7, 11) is 1.62. The number of nitrogens with one attached hydrogen (secondary N) is 2. The van der Waals surface area contributed by atoms with Gasteiger partial charge < -0.3 is 15.5 Å². The standard InChI is InChI=1S/C15H18N4O/c1-16-15(20)13-6-5-11-12(18-13)3-2-4-14(11)19-9-7-17-8-10-19/h2-6,17H,7-10H2,1H3,(H,16,20). The van der Waals surface area contributed by atoms with Crippen LogP contribution in [0.25, 0.3) is 10.9 Å². The number of hydrogen-bond acceptors (Lipinski definition) is 4. The Kier molecular flexibility index (Phi) is 3.52. The number of pyridine rings is 1. The number of carbonyl (C=O) groups is 1. The van der Waals surface area contributed by atoms with Crippen LogP contribution in [0.1, 0.15) is 10.5 Å². The van der Waals surface area contributed by atoms with Gasteiger partial charge in [-0.05, 0) is 24.3 Å². The Morgan fingerprint density at radius 2 is 2.05 bits per heavy atom. The lowest BCUT2D eigenvalue weighted by molar-refractivity contribution is 0.0958. The molecule has 20 heavy (non-hydrogen) atoms. The number of benzene rings is 1. The van der Waals surface area contributed by atoms with E-state index in [9.17, 15) is 4.79 Å². The van der Waals surface area contributed by atoms with Crippen LogP contribution in [0.3, 0.4) is 0 Å². The number of amides is 1. The molecule has 1 aliphatic rings. The van der Waals surface area contributed by atoms with E-state index >= 15 is 0 Å². The molecule has 0 atom stereocenters. The van der Waals surface area contributed by atoms with Crippen molar-refractivity contribution in [3.63, 3.8) is 0 Å². The molecule has 3 rings (SSSR count). The summed E-state index contributed by atoms with van der Waals surface area (Å²) in [4.78, 5) is 18.5. The Morgan fingerprint density at radius 3 is 2.80 bits per heavy atom. The van der Waals surface area contributed by atoms with Gasteiger partial charge in [-0.15, -0.1) is 0 Å². The Bertz CT molecular complexity index is 635. The van der Waals surface area contributed by atoms with Crippen molar-refractivity contribution in [2.24, 2.45) is 0 Å². The number of anilines is 1. The van der Waals surface area contributed by atoms with Gasteiger partial charge in [0.25, 0.3) is 5.91 Å². The molecule has 2 N–H and O–H groups in total. The molecule has 0 unspecified atom stereocenters. The maximum atomic E-state index is 11.7. The third-order valence-electron chi connectivity index (χ3n) is 3.63. The summed E-state index contributed by atoms with van der Waals surface area (Å²) in [5.41, 5.74) is 2.51. The van der Waals surface area contributed by atoms with E-state index in [-0.39, 0.29) is 5.91 Å². The third-order valence-corrected chi connectivity index (χ3v) is 3.63. The van der Waals surface area contributed by atoms with Crippen molar-refractivity contribution in [2.45, 2.75) is 0 Å². The summed E-state index contributed by atoms with van der Waals surface area (Å²) in [6.45, 7) is 3.99. The van der Waals surface area contributed by atoms with Crippen LogP contribution < -0.4 is 15.5 Å². The second-order valence-electron chi connectivity index (χ2n) is 4.86. The average Bonchev–Trinajstić information content (AvgIpc) is 2.53. The van der Waals surface area contributed by atoms with Crippen LogP contribution in [0.2, 0.25) is 0 Å². The highest BCUT2D eigenvalue weighted by atomic mass is 16.1. The molecule has 2 aromatic rings. The summed E-state index contributed by atoms with van der Waals surface area (Å²) < 4.78 is 0. The fourth-order valence-corrected chi connectivity index (χ4v) is 2.57.